The van der Waals surface area contributed by atoms with Crippen molar-refractivity contribution in [2.45, 2.75) is 398 Å². The smallest absolute Gasteiger partial charge is 0.305 e. The molecular weight excluding hydrogens is 959 g/mol. The predicted molar refractivity (Wildman–Crippen MR) is 343 cm³/mol. The van der Waals surface area contributed by atoms with Gasteiger partial charge in [0.15, 0.2) is 0 Å². The fourth-order valence-electron chi connectivity index (χ4n) is 11.0. The molecule has 2 unspecified atom stereocenters. The van der Waals surface area contributed by atoms with Gasteiger partial charge in [0, 0.05) is 12.8 Å². The number of hydrogen-bond donors (Lipinski definition) is 3. The lowest BCUT2D eigenvalue weighted by Crippen LogP contribution is -2.45. The van der Waals surface area contributed by atoms with Crippen molar-refractivity contribution < 1.29 is 24.5 Å². The molecular formula is C72H137NO5. The number of hydrogen-bond acceptors (Lipinski definition) is 5. The van der Waals surface area contributed by atoms with E-state index in [0.29, 0.717) is 19.4 Å². The largest absolute Gasteiger partial charge is 0.466 e. The van der Waals surface area contributed by atoms with E-state index in [1.807, 2.05) is 6.08 Å². The van der Waals surface area contributed by atoms with E-state index >= 15 is 0 Å². The average molecular weight is 1100 g/mol. The van der Waals surface area contributed by atoms with Gasteiger partial charge in [-0.2, -0.15) is 0 Å². The Morgan fingerprint density at radius 3 is 1.03 bits per heavy atom. The number of aliphatic hydroxyl groups excluding tert-OH is 2. The molecule has 78 heavy (non-hydrogen) atoms. The van der Waals surface area contributed by atoms with Gasteiger partial charge >= 0.3 is 5.97 Å². The number of aliphatic hydroxyl groups is 2. The van der Waals surface area contributed by atoms with Crippen LogP contribution in [0.4, 0.5) is 0 Å². The number of carbonyl (C=O) groups excluding carboxylic acids is 2. The second kappa shape index (κ2) is 67.6. The number of rotatable bonds is 66. The van der Waals surface area contributed by atoms with Crippen LogP contribution in [-0.2, 0) is 14.3 Å². The minimum absolute atomic E-state index is 0.00573. The molecule has 0 heterocycles. The van der Waals surface area contributed by atoms with Crippen LogP contribution < -0.4 is 5.32 Å². The third-order valence-electron chi connectivity index (χ3n) is 16.4. The van der Waals surface area contributed by atoms with E-state index in [1.165, 1.54) is 308 Å². The Balaban J connectivity index is 3.34. The number of nitrogens with one attached hydrogen (secondary N) is 1. The zero-order valence-corrected chi connectivity index (χ0v) is 52.7. The number of ether oxygens (including phenoxy) is 1. The molecule has 0 bridgehead atoms. The molecule has 0 rings (SSSR count). The maximum absolute atomic E-state index is 12.5. The zero-order chi connectivity index (χ0) is 56.4. The molecule has 0 aromatic rings. The molecule has 0 fully saturated rings. The van der Waals surface area contributed by atoms with E-state index in [9.17, 15) is 19.8 Å². The molecule has 3 N–H and O–H groups in total. The van der Waals surface area contributed by atoms with E-state index in [2.05, 4.69) is 43.5 Å². The Morgan fingerprint density at radius 2 is 0.667 bits per heavy atom. The summed E-state index contributed by atoms with van der Waals surface area (Å²) in [4.78, 5) is 24.5. The maximum atomic E-state index is 12.5. The molecule has 0 aliphatic rings. The first-order valence-corrected chi connectivity index (χ1v) is 35.3. The van der Waals surface area contributed by atoms with Gasteiger partial charge in [-0.3, -0.25) is 9.59 Å². The van der Waals surface area contributed by atoms with Crippen molar-refractivity contribution in [1.82, 2.24) is 5.32 Å². The van der Waals surface area contributed by atoms with E-state index in [4.69, 9.17) is 4.74 Å². The summed E-state index contributed by atoms with van der Waals surface area (Å²) in [5.41, 5.74) is 0. The molecule has 0 aliphatic heterocycles. The summed E-state index contributed by atoms with van der Waals surface area (Å²) in [5, 5.41) is 23.2. The Kier molecular flexibility index (Phi) is 65.9. The Labute approximate surface area is 487 Å². The van der Waals surface area contributed by atoms with Crippen LogP contribution in [0.2, 0.25) is 0 Å². The molecule has 0 saturated heterocycles. The minimum atomic E-state index is -0.841. The summed E-state index contributed by atoms with van der Waals surface area (Å²) in [6.07, 6.45) is 86.6. The maximum Gasteiger partial charge on any atom is 0.305 e. The summed E-state index contributed by atoms with van der Waals surface area (Å²) >= 11 is 0. The Morgan fingerprint density at radius 1 is 0.359 bits per heavy atom. The van der Waals surface area contributed by atoms with Crippen LogP contribution in [0, 0.1) is 0 Å². The van der Waals surface area contributed by atoms with Crippen LogP contribution in [0.5, 0.6) is 0 Å². The van der Waals surface area contributed by atoms with Gasteiger partial charge < -0.3 is 20.3 Å². The van der Waals surface area contributed by atoms with Gasteiger partial charge in [0.1, 0.15) is 0 Å². The highest BCUT2D eigenvalue weighted by atomic mass is 16.5. The van der Waals surface area contributed by atoms with Crippen LogP contribution in [0.3, 0.4) is 0 Å². The molecule has 0 radical (unpaired) electrons. The standard InChI is InChI=1S/C72H137NO5/c1-3-5-7-9-11-13-15-17-18-37-41-44-48-52-56-60-64-70(75)69(68-74)73-71(76)65-61-57-53-49-45-42-38-35-33-31-29-27-25-23-21-19-20-22-24-26-28-30-32-34-36-39-43-47-51-55-59-63-67-78-72(77)66-62-58-54-50-46-40-16-14-12-10-8-6-4-2/h8,10,14,16,60,64,69-70,74-75H,3-7,9,11-13,15,17-59,61-63,65-68H2,1-2H3,(H,73,76)/b10-8-,16-14-,64-60+. The van der Waals surface area contributed by atoms with Crippen LogP contribution in [0.1, 0.15) is 386 Å². The van der Waals surface area contributed by atoms with Gasteiger partial charge in [0.05, 0.1) is 25.4 Å². The number of unbranched alkanes of at least 4 members (excludes halogenated alkanes) is 51. The van der Waals surface area contributed by atoms with Gasteiger partial charge in [0.2, 0.25) is 5.91 Å². The quantitative estimate of drug-likeness (QED) is 0.0320. The third-order valence-corrected chi connectivity index (χ3v) is 16.4. The average Bonchev–Trinajstić information content (AvgIpc) is 3.44. The molecule has 0 saturated carbocycles. The van der Waals surface area contributed by atoms with Crippen molar-refractivity contribution in [3.05, 3.63) is 36.5 Å². The van der Waals surface area contributed by atoms with Gasteiger partial charge in [-0.25, -0.2) is 0 Å². The fraction of sp³-hybridized carbons (Fsp3) is 0.889. The highest BCUT2D eigenvalue weighted by Gasteiger charge is 2.18. The SMILES string of the molecule is CCC/C=C\C/C=C\CCCCCCCC(=O)OCCCCCCCCCCCCCCCCCCCCCCCCCCCCCCCCCCC(=O)NC(CO)C(O)/C=C/CCCCCCCCCCCCCCCC. The van der Waals surface area contributed by atoms with Crippen molar-refractivity contribution in [3.63, 3.8) is 0 Å². The van der Waals surface area contributed by atoms with Crippen molar-refractivity contribution in [2.75, 3.05) is 13.2 Å². The first kappa shape index (κ1) is 76.1. The summed E-state index contributed by atoms with van der Waals surface area (Å²) in [5.74, 6) is -0.0552. The number of carbonyl (C=O) groups is 2. The second-order valence-electron chi connectivity index (χ2n) is 24.2. The van der Waals surface area contributed by atoms with Crippen LogP contribution in [-0.4, -0.2) is 47.4 Å². The highest BCUT2D eigenvalue weighted by molar-refractivity contribution is 5.76. The molecule has 0 spiro atoms. The number of allylic oxidation sites excluding steroid dienone is 5. The first-order valence-electron chi connectivity index (χ1n) is 35.3. The molecule has 1 amide bonds. The van der Waals surface area contributed by atoms with Crippen molar-refractivity contribution >= 4 is 11.9 Å². The molecule has 6 heteroatoms. The van der Waals surface area contributed by atoms with Gasteiger partial charge in [0.25, 0.3) is 0 Å². The Hall–Kier alpha value is -1.92. The topological polar surface area (TPSA) is 95.9 Å². The highest BCUT2D eigenvalue weighted by Crippen LogP contribution is 2.19. The van der Waals surface area contributed by atoms with Gasteiger partial charge in [-0.05, 0) is 57.8 Å². The van der Waals surface area contributed by atoms with E-state index in [1.54, 1.807) is 6.08 Å². The molecule has 2 atom stereocenters. The Bertz CT molecular complexity index is 1260. The molecule has 0 aromatic carbocycles. The minimum Gasteiger partial charge on any atom is -0.466 e. The monoisotopic (exact) mass is 1100 g/mol. The van der Waals surface area contributed by atoms with Crippen LogP contribution >= 0.6 is 0 Å². The van der Waals surface area contributed by atoms with E-state index in [0.717, 1.165) is 51.4 Å². The molecule has 0 aromatic heterocycles. The summed E-state index contributed by atoms with van der Waals surface area (Å²) < 4.78 is 5.48. The zero-order valence-electron chi connectivity index (χ0n) is 52.7. The fourth-order valence-corrected chi connectivity index (χ4v) is 11.0. The molecule has 0 aliphatic carbocycles. The lowest BCUT2D eigenvalue weighted by atomic mass is 10.0. The van der Waals surface area contributed by atoms with Gasteiger partial charge in [-0.15, -0.1) is 0 Å². The van der Waals surface area contributed by atoms with E-state index < -0.39 is 12.1 Å². The second-order valence-corrected chi connectivity index (χ2v) is 24.2. The summed E-state index contributed by atoms with van der Waals surface area (Å²) in [6, 6.07) is -0.624. The molecule has 6 nitrogen and oxygen atoms in total. The van der Waals surface area contributed by atoms with E-state index in [-0.39, 0.29) is 18.5 Å². The first-order chi connectivity index (χ1) is 38.5. The lowest BCUT2D eigenvalue weighted by molar-refractivity contribution is -0.143. The van der Waals surface area contributed by atoms with Gasteiger partial charge in [-0.1, -0.05) is 352 Å². The predicted octanol–water partition coefficient (Wildman–Crippen LogP) is 22.7. The van der Waals surface area contributed by atoms with Crippen molar-refractivity contribution in [2.24, 2.45) is 0 Å². The third kappa shape index (κ3) is 63.3. The van der Waals surface area contributed by atoms with Crippen molar-refractivity contribution in [3.8, 4) is 0 Å². The summed E-state index contributed by atoms with van der Waals surface area (Å²) in [6.45, 7) is 4.86. The number of amides is 1. The normalized spacial score (nSPS) is 12.7. The van der Waals surface area contributed by atoms with Crippen LogP contribution in [0.15, 0.2) is 36.5 Å². The molecule has 460 valence electrons. The number of esters is 1. The lowest BCUT2D eigenvalue weighted by Gasteiger charge is -2.20. The van der Waals surface area contributed by atoms with Crippen molar-refractivity contribution in [1.29, 1.82) is 0 Å². The van der Waals surface area contributed by atoms with Crippen LogP contribution in [0.25, 0.3) is 0 Å². The summed E-state index contributed by atoms with van der Waals surface area (Å²) in [7, 11) is 0.